The third-order valence-corrected chi connectivity index (χ3v) is 1.70. The summed E-state index contributed by atoms with van der Waals surface area (Å²) in [5, 5.41) is 0. The van der Waals surface area contributed by atoms with E-state index in [1.807, 2.05) is 18.7 Å². The van der Waals surface area contributed by atoms with Crippen LogP contribution in [0.4, 0.5) is 0 Å². The summed E-state index contributed by atoms with van der Waals surface area (Å²) >= 11 is 0. The lowest BCUT2D eigenvalue weighted by atomic mass is 10.1. The summed E-state index contributed by atoms with van der Waals surface area (Å²) in [5.74, 6) is 0.758. The number of carbonyl (C=O) groups excluding carboxylic acids is 1. The molecule has 12 heavy (non-hydrogen) atoms. The molecular formula is C9H20ClNO. The third-order valence-electron chi connectivity index (χ3n) is 1.70. The van der Waals surface area contributed by atoms with E-state index in [-0.39, 0.29) is 18.3 Å². The molecule has 0 radical (unpaired) electrons. The van der Waals surface area contributed by atoms with Gasteiger partial charge in [-0.2, -0.15) is 0 Å². The normalized spacial score (nSPS) is 9.42. The molecule has 0 aliphatic rings. The zero-order valence-electron chi connectivity index (χ0n) is 8.46. The van der Waals surface area contributed by atoms with Crippen molar-refractivity contribution in [2.75, 3.05) is 13.1 Å². The van der Waals surface area contributed by atoms with Crippen LogP contribution >= 0.6 is 12.4 Å². The van der Waals surface area contributed by atoms with Crippen LogP contribution in [0.2, 0.25) is 0 Å². The van der Waals surface area contributed by atoms with Crippen LogP contribution < -0.4 is 0 Å². The summed E-state index contributed by atoms with van der Waals surface area (Å²) in [5.41, 5.74) is 0. The van der Waals surface area contributed by atoms with Gasteiger partial charge in [-0.3, -0.25) is 4.79 Å². The Balaban J connectivity index is 0. The van der Waals surface area contributed by atoms with E-state index in [0.29, 0.717) is 12.3 Å². The number of nitrogens with zero attached hydrogens (tertiary/aromatic N) is 1. The summed E-state index contributed by atoms with van der Waals surface area (Å²) in [6.07, 6.45) is 0.682. The average Bonchev–Trinajstić information content (AvgIpc) is 1.88. The van der Waals surface area contributed by atoms with E-state index < -0.39 is 0 Å². The molecule has 0 rings (SSSR count). The molecule has 0 atom stereocenters. The maximum atomic E-state index is 11.3. The van der Waals surface area contributed by atoms with E-state index >= 15 is 0 Å². The first-order valence-electron chi connectivity index (χ1n) is 4.39. The van der Waals surface area contributed by atoms with Crippen LogP contribution in [0.15, 0.2) is 0 Å². The Bertz CT molecular complexity index is 122. The lowest BCUT2D eigenvalue weighted by Gasteiger charge is -2.19. The van der Waals surface area contributed by atoms with E-state index in [1.54, 1.807) is 0 Å². The van der Waals surface area contributed by atoms with Gasteiger partial charge < -0.3 is 4.90 Å². The van der Waals surface area contributed by atoms with Crippen LogP contribution in [0.3, 0.4) is 0 Å². The fraction of sp³-hybridized carbons (Fsp3) is 0.889. The summed E-state index contributed by atoms with van der Waals surface area (Å²) in [6, 6.07) is 0. The zero-order chi connectivity index (χ0) is 8.85. The Labute approximate surface area is 81.7 Å². The predicted molar refractivity (Wildman–Crippen MR) is 54.6 cm³/mol. The standard InChI is InChI=1S/C9H19NO.ClH/c1-5-10(6-2)9(11)7-8(3)4;/h8H,5-7H2,1-4H3;1H. The van der Waals surface area contributed by atoms with Crippen molar-refractivity contribution in [3.05, 3.63) is 0 Å². The fourth-order valence-electron chi connectivity index (χ4n) is 1.05. The van der Waals surface area contributed by atoms with E-state index in [9.17, 15) is 4.79 Å². The second-order valence-corrected chi connectivity index (χ2v) is 3.16. The minimum atomic E-state index is 0. The summed E-state index contributed by atoms with van der Waals surface area (Å²) < 4.78 is 0. The van der Waals surface area contributed by atoms with Crippen LogP contribution in [0.5, 0.6) is 0 Å². The van der Waals surface area contributed by atoms with E-state index in [0.717, 1.165) is 13.1 Å². The number of halogens is 1. The number of hydrogen-bond acceptors (Lipinski definition) is 1. The molecule has 0 fully saturated rings. The van der Waals surface area contributed by atoms with Crippen molar-refractivity contribution in [3.63, 3.8) is 0 Å². The molecule has 0 aliphatic carbocycles. The minimum Gasteiger partial charge on any atom is -0.343 e. The Kier molecular flexibility index (Phi) is 8.83. The highest BCUT2D eigenvalue weighted by atomic mass is 35.5. The molecule has 0 aromatic heterocycles. The molecule has 2 nitrogen and oxygen atoms in total. The van der Waals surface area contributed by atoms with Crippen molar-refractivity contribution in [2.45, 2.75) is 34.1 Å². The highest BCUT2D eigenvalue weighted by Gasteiger charge is 2.10. The van der Waals surface area contributed by atoms with Crippen LogP contribution in [0.25, 0.3) is 0 Å². The fourth-order valence-corrected chi connectivity index (χ4v) is 1.05. The largest absolute Gasteiger partial charge is 0.343 e. The molecule has 0 aliphatic heterocycles. The lowest BCUT2D eigenvalue weighted by molar-refractivity contribution is -0.131. The molecule has 0 unspecified atom stereocenters. The SMILES string of the molecule is CCN(CC)C(=O)CC(C)C.Cl. The van der Waals surface area contributed by atoms with E-state index in [1.165, 1.54) is 0 Å². The summed E-state index contributed by atoms with van der Waals surface area (Å²) in [6.45, 7) is 9.84. The van der Waals surface area contributed by atoms with Gasteiger partial charge >= 0.3 is 0 Å². The predicted octanol–water partition coefficient (Wildman–Crippen LogP) is 2.32. The van der Waals surface area contributed by atoms with Crippen LogP contribution in [0, 0.1) is 5.92 Å². The van der Waals surface area contributed by atoms with Gasteiger partial charge in [-0.25, -0.2) is 0 Å². The number of rotatable bonds is 4. The maximum Gasteiger partial charge on any atom is 0.222 e. The molecule has 0 spiro atoms. The van der Waals surface area contributed by atoms with Gasteiger partial charge in [-0.05, 0) is 19.8 Å². The van der Waals surface area contributed by atoms with Crippen LogP contribution in [0.1, 0.15) is 34.1 Å². The summed E-state index contributed by atoms with van der Waals surface area (Å²) in [7, 11) is 0. The van der Waals surface area contributed by atoms with Gasteiger partial charge in [-0.15, -0.1) is 12.4 Å². The Morgan fingerprint density at radius 1 is 1.25 bits per heavy atom. The van der Waals surface area contributed by atoms with Gasteiger partial charge in [0.2, 0.25) is 5.91 Å². The monoisotopic (exact) mass is 193 g/mol. The van der Waals surface area contributed by atoms with Crippen LogP contribution in [-0.4, -0.2) is 23.9 Å². The highest BCUT2D eigenvalue weighted by molar-refractivity contribution is 5.85. The molecule has 0 aromatic rings. The number of amides is 1. The molecular weight excluding hydrogens is 174 g/mol. The van der Waals surface area contributed by atoms with Gasteiger partial charge in [0, 0.05) is 19.5 Å². The molecule has 74 valence electrons. The van der Waals surface area contributed by atoms with Gasteiger partial charge in [-0.1, -0.05) is 13.8 Å². The molecule has 0 aromatic carbocycles. The molecule has 0 saturated carbocycles. The maximum absolute atomic E-state index is 11.3. The first-order valence-corrected chi connectivity index (χ1v) is 4.39. The highest BCUT2D eigenvalue weighted by Crippen LogP contribution is 2.03. The van der Waals surface area contributed by atoms with Crippen molar-refractivity contribution >= 4 is 18.3 Å². The molecule has 0 bridgehead atoms. The van der Waals surface area contributed by atoms with Gasteiger partial charge in [0.1, 0.15) is 0 Å². The van der Waals surface area contributed by atoms with Crippen molar-refractivity contribution < 1.29 is 4.79 Å². The molecule has 0 saturated heterocycles. The van der Waals surface area contributed by atoms with Crippen molar-refractivity contribution in [1.29, 1.82) is 0 Å². The van der Waals surface area contributed by atoms with Crippen molar-refractivity contribution in [2.24, 2.45) is 5.92 Å². The topological polar surface area (TPSA) is 20.3 Å². The second kappa shape index (κ2) is 7.41. The Morgan fingerprint density at radius 3 is 1.92 bits per heavy atom. The molecule has 3 heteroatoms. The molecule has 0 heterocycles. The Morgan fingerprint density at radius 2 is 1.67 bits per heavy atom. The minimum absolute atomic E-state index is 0. The third kappa shape index (κ3) is 5.42. The van der Waals surface area contributed by atoms with Crippen molar-refractivity contribution in [1.82, 2.24) is 4.90 Å². The quantitative estimate of drug-likeness (QED) is 0.671. The molecule has 0 N–H and O–H groups in total. The Hall–Kier alpha value is -0.240. The average molecular weight is 194 g/mol. The first kappa shape index (κ1) is 14.3. The smallest absolute Gasteiger partial charge is 0.222 e. The zero-order valence-corrected chi connectivity index (χ0v) is 9.28. The second-order valence-electron chi connectivity index (χ2n) is 3.16. The molecule has 1 amide bonds. The number of carbonyl (C=O) groups is 1. The van der Waals surface area contributed by atoms with Crippen LogP contribution in [-0.2, 0) is 4.79 Å². The van der Waals surface area contributed by atoms with E-state index in [4.69, 9.17) is 0 Å². The van der Waals surface area contributed by atoms with Gasteiger partial charge in [0.15, 0.2) is 0 Å². The number of hydrogen-bond donors (Lipinski definition) is 0. The first-order chi connectivity index (χ1) is 5.11. The van der Waals surface area contributed by atoms with Crippen molar-refractivity contribution in [3.8, 4) is 0 Å². The van der Waals surface area contributed by atoms with Gasteiger partial charge in [0.25, 0.3) is 0 Å². The summed E-state index contributed by atoms with van der Waals surface area (Å²) in [4.78, 5) is 13.2. The van der Waals surface area contributed by atoms with E-state index in [2.05, 4.69) is 13.8 Å². The van der Waals surface area contributed by atoms with Gasteiger partial charge in [0.05, 0.1) is 0 Å². The lowest BCUT2D eigenvalue weighted by Crippen LogP contribution is -2.31.